The summed E-state index contributed by atoms with van der Waals surface area (Å²) in [7, 11) is 1.34. The van der Waals surface area contributed by atoms with Gasteiger partial charge in [-0.1, -0.05) is 12.1 Å². The smallest absolute Gasteiger partial charge is 0.202 e. The number of nitrogens with two attached hydrogens (primary N) is 1. The maximum Gasteiger partial charge on any atom is 0.202 e. The molecule has 0 aromatic heterocycles. The molecule has 0 amide bonds. The van der Waals surface area contributed by atoms with E-state index in [0.29, 0.717) is 0 Å². The zero-order valence-electron chi connectivity index (χ0n) is 21.9. The number of Topliss-reactive ketones (excluding diaryl/α,β-unsaturated/α-hetero) is 1. The molecule has 2 aromatic carbocycles. The number of aliphatic hydroxyl groups is 3. The van der Waals surface area contributed by atoms with Crippen LogP contribution in [0.15, 0.2) is 18.2 Å². The first-order chi connectivity index (χ1) is 18.4. The number of aromatic hydroxyl groups is 2. The zero-order valence-corrected chi connectivity index (χ0v) is 22.7. The molecule has 0 bridgehead atoms. The molecule has 2 aromatic rings. The van der Waals surface area contributed by atoms with E-state index in [1.807, 2.05) is 0 Å². The zero-order chi connectivity index (χ0) is 28.4. The summed E-state index contributed by atoms with van der Waals surface area (Å²) in [4.78, 5) is 39.9. The largest absolute Gasteiger partial charge is 0.507 e. The lowest BCUT2D eigenvalue weighted by molar-refractivity contribution is -0.144. The molecule has 5 rings (SSSR count). The SMILES string of the molecule is COc1cccc2c1C(=O)c1c(O)c3c(c(O)c1C2=O)C[C@@](O)(C(=O)CO)C[C@H]3C[C@H]1C[C@H](N)[C@H](O)[C@H](C)O1.Cl. The molecular formula is C28H32ClNO10. The fraction of sp³-hybridized carbons (Fsp3) is 0.464. The minimum Gasteiger partial charge on any atom is -0.507 e. The lowest BCUT2D eigenvalue weighted by Crippen LogP contribution is -2.52. The lowest BCUT2D eigenvalue weighted by atomic mass is 9.67. The highest BCUT2D eigenvalue weighted by Gasteiger charge is 2.49. The molecule has 0 saturated carbocycles. The van der Waals surface area contributed by atoms with Gasteiger partial charge in [0, 0.05) is 29.2 Å². The maximum atomic E-state index is 13.7. The number of rotatable bonds is 5. The van der Waals surface area contributed by atoms with E-state index in [9.17, 15) is 39.9 Å². The van der Waals surface area contributed by atoms with Crippen LogP contribution in [0.4, 0.5) is 0 Å². The molecule has 1 saturated heterocycles. The van der Waals surface area contributed by atoms with Crippen molar-refractivity contribution in [2.75, 3.05) is 13.7 Å². The van der Waals surface area contributed by atoms with Crippen LogP contribution in [0.3, 0.4) is 0 Å². The van der Waals surface area contributed by atoms with Crippen molar-refractivity contribution in [2.45, 2.75) is 68.5 Å². The molecule has 12 heteroatoms. The number of halogens is 1. The Bertz CT molecular complexity index is 1380. The highest BCUT2D eigenvalue weighted by atomic mass is 35.5. The highest BCUT2D eigenvalue weighted by molar-refractivity contribution is 6.31. The average Bonchev–Trinajstić information content (AvgIpc) is 2.90. The third-order valence-electron chi connectivity index (χ3n) is 8.30. The van der Waals surface area contributed by atoms with Crippen LogP contribution in [0.5, 0.6) is 17.2 Å². The summed E-state index contributed by atoms with van der Waals surface area (Å²) >= 11 is 0. The van der Waals surface area contributed by atoms with E-state index in [1.165, 1.54) is 25.3 Å². The highest BCUT2D eigenvalue weighted by Crippen LogP contribution is 2.53. The second-order valence-electron chi connectivity index (χ2n) is 10.7. The molecule has 2 aliphatic carbocycles. The van der Waals surface area contributed by atoms with Crippen LogP contribution in [0.2, 0.25) is 0 Å². The topological polar surface area (TPSA) is 197 Å². The molecule has 1 aliphatic heterocycles. The van der Waals surface area contributed by atoms with E-state index in [-0.39, 0.29) is 65.2 Å². The molecule has 40 heavy (non-hydrogen) atoms. The average molecular weight is 578 g/mol. The van der Waals surface area contributed by atoms with Gasteiger partial charge in [0.2, 0.25) is 5.78 Å². The van der Waals surface area contributed by atoms with E-state index in [2.05, 4.69) is 0 Å². The van der Waals surface area contributed by atoms with Crippen LogP contribution in [0.1, 0.15) is 75.1 Å². The van der Waals surface area contributed by atoms with Crippen molar-refractivity contribution in [3.05, 3.63) is 51.6 Å². The number of carbonyl (C=O) groups excluding carboxylic acids is 3. The van der Waals surface area contributed by atoms with Crippen LogP contribution >= 0.6 is 12.4 Å². The van der Waals surface area contributed by atoms with Gasteiger partial charge in [-0.15, -0.1) is 12.4 Å². The summed E-state index contributed by atoms with van der Waals surface area (Å²) in [5, 5.41) is 54.0. The van der Waals surface area contributed by atoms with Gasteiger partial charge in [-0.05, 0) is 38.2 Å². The van der Waals surface area contributed by atoms with Gasteiger partial charge in [-0.3, -0.25) is 14.4 Å². The Morgan fingerprint density at radius 2 is 1.82 bits per heavy atom. The summed E-state index contributed by atoms with van der Waals surface area (Å²) < 4.78 is 11.2. The van der Waals surface area contributed by atoms with E-state index >= 15 is 0 Å². The Morgan fingerprint density at radius 1 is 1.15 bits per heavy atom. The number of fused-ring (bicyclic) bond motifs is 3. The Labute approximate surface area is 235 Å². The van der Waals surface area contributed by atoms with E-state index in [1.54, 1.807) is 6.92 Å². The van der Waals surface area contributed by atoms with Crippen LogP contribution in [-0.4, -0.2) is 86.6 Å². The first-order valence-electron chi connectivity index (χ1n) is 12.8. The summed E-state index contributed by atoms with van der Waals surface area (Å²) in [6.07, 6.45) is -2.45. The number of phenols is 2. The van der Waals surface area contributed by atoms with Crippen molar-refractivity contribution >= 4 is 29.8 Å². The Morgan fingerprint density at radius 3 is 2.45 bits per heavy atom. The first-order valence-corrected chi connectivity index (χ1v) is 12.8. The monoisotopic (exact) mass is 577 g/mol. The molecule has 0 unspecified atom stereocenters. The van der Waals surface area contributed by atoms with Crippen LogP contribution in [0.25, 0.3) is 0 Å². The summed E-state index contributed by atoms with van der Waals surface area (Å²) in [6, 6.07) is 3.83. The Balaban J connectivity index is 0.00000370. The summed E-state index contributed by atoms with van der Waals surface area (Å²) in [6.45, 7) is 0.695. The summed E-state index contributed by atoms with van der Waals surface area (Å²) in [5.74, 6) is -4.20. The standard InChI is InChI=1S/C28H31NO10.ClH/c1-11-23(32)16(29)7-13(39-11)6-12-8-28(37,18(31)10-30)9-15-19(12)26(35)22-21(25(15)34)24(33)14-4-3-5-17(38-2)20(14)27(22)36;/h3-5,11-13,16,23,30,32,34-35,37H,6-10,29H2,1-2H3;1H/t11-,12+,13-,16-,23+,28+;/m0./s1. The molecule has 6 atom stereocenters. The second kappa shape index (κ2) is 10.7. The van der Waals surface area contributed by atoms with Gasteiger partial charge < -0.3 is 40.7 Å². The molecule has 0 spiro atoms. The molecule has 1 fully saturated rings. The molecule has 216 valence electrons. The number of ether oxygens (including phenoxy) is 2. The van der Waals surface area contributed by atoms with Crippen LogP contribution in [-0.2, 0) is 16.0 Å². The third kappa shape index (κ3) is 4.47. The molecule has 1 heterocycles. The van der Waals surface area contributed by atoms with Crippen LogP contribution < -0.4 is 10.5 Å². The molecule has 0 radical (unpaired) electrons. The predicted octanol–water partition coefficient (Wildman–Crippen LogP) is 0.882. The predicted molar refractivity (Wildman–Crippen MR) is 143 cm³/mol. The first kappa shape index (κ1) is 29.9. The maximum absolute atomic E-state index is 13.7. The number of aliphatic hydroxyl groups excluding tert-OH is 2. The number of hydrogen-bond donors (Lipinski definition) is 6. The van der Waals surface area contributed by atoms with Gasteiger partial charge in [-0.25, -0.2) is 0 Å². The molecule has 3 aliphatic rings. The van der Waals surface area contributed by atoms with Crippen molar-refractivity contribution in [2.24, 2.45) is 5.73 Å². The van der Waals surface area contributed by atoms with E-state index < -0.39 is 83.3 Å². The van der Waals surface area contributed by atoms with Crippen molar-refractivity contribution in [1.29, 1.82) is 0 Å². The molecule has 7 N–H and O–H groups in total. The fourth-order valence-corrected chi connectivity index (χ4v) is 6.37. The number of hydrogen-bond acceptors (Lipinski definition) is 11. The number of ketones is 3. The minimum atomic E-state index is -2.12. The summed E-state index contributed by atoms with van der Waals surface area (Å²) in [5.41, 5.74) is 3.13. The Hall–Kier alpha value is -3.06. The number of carbonyl (C=O) groups is 3. The van der Waals surface area contributed by atoms with E-state index in [4.69, 9.17) is 15.2 Å². The molecule has 11 nitrogen and oxygen atoms in total. The lowest BCUT2D eigenvalue weighted by Gasteiger charge is -2.42. The third-order valence-corrected chi connectivity index (χ3v) is 8.30. The second-order valence-corrected chi connectivity index (χ2v) is 10.7. The van der Waals surface area contributed by atoms with Crippen molar-refractivity contribution in [3.8, 4) is 17.2 Å². The van der Waals surface area contributed by atoms with Gasteiger partial charge >= 0.3 is 0 Å². The minimum absolute atomic E-state index is 0. The molecular weight excluding hydrogens is 546 g/mol. The van der Waals surface area contributed by atoms with Crippen molar-refractivity contribution < 1.29 is 49.4 Å². The van der Waals surface area contributed by atoms with E-state index in [0.717, 1.165) is 0 Å². The fourth-order valence-electron chi connectivity index (χ4n) is 6.37. The quantitative estimate of drug-likeness (QED) is 0.235. The van der Waals surface area contributed by atoms with Crippen molar-refractivity contribution in [3.63, 3.8) is 0 Å². The number of phenolic OH excluding ortho intramolecular Hbond substituents is 2. The normalized spacial score (nSPS) is 29.1. The Kier molecular flexibility index (Phi) is 8.03. The van der Waals surface area contributed by atoms with Crippen LogP contribution in [0, 0.1) is 0 Å². The van der Waals surface area contributed by atoms with Gasteiger partial charge in [0.05, 0.1) is 42.1 Å². The van der Waals surface area contributed by atoms with Gasteiger partial charge in [0.1, 0.15) is 29.5 Å². The van der Waals surface area contributed by atoms with Gasteiger partial charge in [0.25, 0.3) is 0 Å². The number of benzene rings is 2. The van der Waals surface area contributed by atoms with Gasteiger partial charge in [-0.2, -0.15) is 0 Å². The van der Waals surface area contributed by atoms with Gasteiger partial charge in [0.15, 0.2) is 11.6 Å². The van der Waals surface area contributed by atoms with Crippen molar-refractivity contribution in [1.82, 2.24) is 0 Å². The number of methoxy groups -OCH3 is 1.